The van der Waals surface area contributed by atoms with E-state index in [1.165, 1.54) is 6.08 Å². The third-order valence-electron chi connectivity index (χ3n) is 2.96. The lowest BCUT2D eigenvalue weighted by Crippen LogP contribution is -2.35. The number of nitrogens with one attached hydrogen (secondary N) is 1. The predicted molar refractivity (Wildman–Crippen MR) is 59.6 cm³/mol. The Labute approximate surface area is 107 Å². The monoisotopic (exact) mass is 289 g/mol. The summed E-state index contributed by atoms with van der Waals surface area (Å²) in [4.78, 5) is 11.5. The van der Waals surface area contributed by atoms with Crippen molar-refractivity contribution in [3.05, 3.63) is 10.6 Å². The van der Waals surface area contributed by atoms with Crippen LogP contribution in [-0.4, -0.2) is 18.6 Å². The Morgan fingerprint density at radius 1 is 1.41 bits per heavy atom. The van der Waals surface area contributed by atoms with Crippen LogP contribution in [-0.2, 0) is 4.79 Å². The van der Waals surface area contributed by atoms with E-state index < -0.39 is 30.0 Å². The van der Waals surface area contributed by atoms with E-state index in [9.17, 15) is 18.0 Å². The van der Waals surface area contributed by atoms with Crippen LogP contribution in [0.4, 0.5) is 13.2 Å². The molecule has 0 aromatic rings. The van der Waals surface area contributed by atoms with E-state index in [0.717, 1.165) is 0 Å². The van der Waals surface area contributed by atoms with Gasteiger partial charge in [-0.15, -0.1) is 0 Å². The quantitative estimate of drug-likeness (QED) is 0.849. The number of carbonyl (C=O) groups excluding carboxylic acids is 1. The van der Waals surface area contributed by atoms with Crippen LogP contribution >= 0.6 is 23.2 Å². The summed E-state index contributed by atoms with van der Waals surface area (Å²) in [5, 5.41) is 1.86. The highest BCUT2D eigenvalue weighted by molar-refractivity contribution is 6.55. The molecule has 7 heteroatoms. The van der Waals surface area contributed by atoms with Crippen LogP contribution in [0.15, 0.2) is 10.6 Å². The zero-order chi connectivity index (χ0) is 13.4. The van der Waals surface area contributed by atoms with Crippen LogP contribution in [0.3, 0.4) is 0 Å². The number of rotatable bonds is 3. The molecule has 0 bridgehead atoms. The maximum atomic E-state index is 11.9. The molecule has 0 aliphatic heterocycles. The van der Waals surface area contributed by atoms with Crippen LogP contribution in [0.2, 0.25) is 0 Å². The Morgan fingerprint density at radius 2 is 1.94 bits per heavy atom. The Hall–Kier alpha value is -0.420. The SMILES string of the molecule is CC1(C)[C@H](C=C(Cl)Cl)[C@H]1C(=O)NCC(F)(F)F. The second-order valence-electron chi connectivity index (χ2n) is 4.61. The number of hydrogen-bond donors (Lipinski definition) is 1. The van der Waals surface area contributed by atoms with Gasteiger partial charge in [-0.05, 0) is 17.4 Å². The van der Waals surface area contributed by atoms with Crippen LogP contribution in [0.25, 0.3) is 0 Å². The summed E-state index contributed by atoms with van der Waals surface area (Å²) >= 11 is 10.9. The average Bonchev–Trinajstić information content (AvgIpc) is 2.62. The maximum absolute atomic E-state index is 11.9. The van der Waals surface area contributed by atoms with E-state index in [-0.39, 0.29) is 10.4 Å². The van der Waals surface area contributed by atoms with Crippen molar-refractivity contribution in [3.8, 4) is 0 Å². The van der Waals surface area contributed by atoms with Gasteiger partial charge in [0.05, 0.1) is 5.92 Å². The molecule has 1 aliphatic carbocycles. The second kappa shape index (κ2) is 4.69. The lowest BCUT2D eigenvalue weighted by molar-refractivity contribution is -0.139. The first-order chi connectivity index (χ1) is 7.55. The predicted octanol–water partition coefficient (Wildman–Crippen LogP) is 3.26. The Balaban J connectivity index is 2.58. The molecule has 1 N–H and O–H groups in total. The van der Waals surface area contributed by atoms with Gasteiger partial charge in [0.15, 0.2) is 0 Å². The molecule has 1 saturated carbocycles. The van der Waals surface area contributed by atoms with Crippen molar-refractivity contribution < 1.29 is 18.0 Å². The summed E-state index contributed by atoms with van der Waals surface area (Å²) in [6.45, 7) is 2.24. The highest BCUT2D eigenvalue weighted by atomic mass is 35.5. The molecule has 98 valence electrons. The van der Waals surface area contributed by atoms with Crippen LogP contribution in [0, 0.1) is 17.3 Å². The average molecular weight is 290 g/mol. The first-order valence-corrected chi connectivity index (χ1v) is 5.68. The lowest BCUT2D eigenvalue weighted by Gasteiger charge is -2.08. The van der Waals surface area contributed by atoms with Crippen molar-refractivity contribution in [1.29, 1.82) is 0 Å². The minimum absolute atomic E-state index is 0.0224. The normalized spacial score (nSPS) is 26.3. The Kier molecular flexibility index (Phi) is 4.04. The van der Waals surface area contributed by atoms with E-state index in [4.69, 9.17) is 23.2 Å². The van der Waals surface area contributed by atoms with Gasteiger partial charge in [0.25, 0.3) is 0 Å². The minimum atomic E-state index is -4.40. The molecular formula is C10H12Cl2F3NO. The number of hydrogen-bond acceptors (Lipinski definition) is 1. The number of carbonyl (C=O) groups is 1. The van der Waals surface area contributed by atoms with Gasteiger partial charge in [-0.2, -0.15) is 13.2 Å². The van der Waals surface area contributed by atoms with Gasteiger partial charge in [0, 0.05) is 0 Å². The molecule has 2 nitrogen and oxygen atoms in total. The summed E-state index contributed by atoms with van der Waals surface area (Å²) in [7, 11) is 0. The fourth-order valence-electron chi connectivity index (χ4n) is 1.92. The van der Waals surface area contributed by atoms with Gasteiger partial charge in [-0.25, -0.2) is 0 Å². The summed E-state index contributed by atoms with van der Waals surface area (Å²) in [5.41, 5.74) is -0.412. The first-order valence-electron chi connectivity index (χ1n) is 4.93. The highest BCUT2D eigenvalue weighted by Gasteiger charge is 2.60. The minimum Gasteiger partial charge on any atom is -0.347 e. The third kappa shape index (κ3) is 3.78. The fourth-order valence-corrected chi connectivity index (χ4v) is 2.19. The van der Waals surface area contributed by atoms with Gasteiger partial charge in [0.1, 0.15) is 11.0 Å². The molecule has 0 saturated heterocycles. The molecule has 0 unspecified atom stereocenters. The van der Waals surface area contributed by atoms with E-state index >= 15 is 0 Å². The van der Waals surface area contributed by atoms with Gasteiger partial charge in [0.2, 0.25) is 5.91 Å². The molecule has 1 aliphatic rings. The Morgan fingerprint density at radius 3 is 2.35 bits per heavy atom. The lowest BCUT2D eigenvalue weighted by atomic mass is 10.1. The van der Waals surface area contributed by atoms with E-state index in [2.05, 4.69) is 0 Å². The van der Waals surface area contributed by atoms with E-state index in [0.29, 0.717) is 0 Å². The highest BCUT2D eigenvalue weighted by Crippen LogP contribution is 2.59. The van der Waals surface area contributed by atoms with Crippen LogP contribution in [0.1, 0.15) is 13.8 Å². The number of halogens is 5. The second-order valence-corrected chi connectivity index (χ2v) is 5.62. The van der Waals surface area contributed by atoms with E-state index in [1.54, 1.807) is 13.8 Å². The largest absolute Gasteiger partial charge is 0.405 e. The maximum Gasteiger partial charge on any atom is 0.405 e. The van der Waals surface area contributed by atoms with Crippen LogP contribution < -0.4 is 5.32 Å². The van der Waals surface area contributed by atoms with Crippen molar-refractivity contribution in [3.63, 3.8) is 0 Å². The summed E-state index contributed by atoms with van der Waals surface area (Å²) in [6.07, 6.45) is -2.91. The van der Waals surface area contributed by atoms with Gasteiger partial charge >= 0.3 is 6.18 Å². The Bertz CT molecular complexity index is 348. The van der Waals surface area contributed by atoms with Crippen molar-refractivity contribution in [2.45, 2.75) is 20.0 Å². The third-order valence-corrected chi connectivity index (χ3v) is 3.21. The molecular weight excluding hydrogens is 278 g/mol. The summed E-state index contributed by atoms with van der Waals surface area (Å²) < 4.78 is 35.8. The smallest absolute Gasteiger partial charge is 0.347 e. The topological polar surface area (TPSA) is 29.1 Å². The van der Waals surface area contributed by atoms with Gasteiger partial charge < -0.3 is 5.32 Å². The molecule has 1 rings (SSSR count). The molecule has 1 fully saturated rings. The van der Waals surface area contributed by atoms with Gasteiger partial charge in [-0.3, -0.25) is 4.79 Å². The molecule has 0 radical (unpaired) electrons. The first kappa shape index (κ1) is 14.6. The van der Waals surface area contributed by atoms with Crippen molar-refractivity contribution in [1.82, 2.24) is 5.32 Å². The zero-order valence-corrected chi connectivity index (χ0v) is 10.7. The standard InChI is InChI=1S/C10H12Cl2F3NO/c1-9(2)5(3-6(11)12)7(9)8(17)16-4-10(13,14)15/h3,5,7H,4H2,1-2H3,(H,16,17)/t5-,7+/m1/s1. The van der Waals surface area contributed by atoms with Gasteiger partial charge in [-0.1, -0.05) is 37.0 Å². The molecule has 0 spiro atoms. The van der Waals surface area contributed by atoms with Crippen molar-refractivity contribution >= 4 is 29.1 Å². The summed E-state index contributed by atoms with van der Waals surface area (Å²) in [6, 6.07) is 0. The number of amides is 1. The van der Waals surface area contributed by atoms with Crippen molar-refractivity contribution in [2.75, 3.05) is 6.54 Å². The molecule has 0 heterocycles. The molecule has 17 heavy (non-hydrogen) atoms. The molecule has 2 atom stereocenters. The molecule has 0 aromatic heterocycles. The summed E-state index contributed by atoms with van der Waals surface area (Å²) in [5.74, 6) is -1.36. The van der Waals surface area contributed by atoms with E-state index in [1.807, 2.05) is 5.32 Å². The van der Waals surface area contributed by atoms with Crippen LogP contribution in [0.5, 0.6) is 0 Å². The zero-order valence-electron chi connectivity index (χ0n) is 9.24. The van der Waals surface area contributed by atoms with Crippen molar-refractivity contribution in [2.24, 2.45) is 17.3 Å². The molecule has 0 aromatic carbocycles. The molecule has 1 amide bonds. The number of alkyl halides is 3. The number of allylic oxidation sites excluding steroid dienone is 1. The fraction of sp³-hybridized carbons (Fsp3) is 0.700.